The Balaban J connectivity index is 2.32. The van der Waals surface area contributed by atoms with Gasteiger partial charge in [-0.2, -0.15) is 15.0 Å². The van der Waals surface area contributed by atoms with Crippen LogP contribution in [0.25, 0.3) is 0 Å². The molecule has 17 heavy (non-hydrogen) atoms. The van der Waals surface area contributed by atoms with Gasteiger partial charge in [0.25, 0.3) is 0 Å². The van der Waals surface area contributed by atoms with E-state index in [4.69, 9.17) is 10.5 Å². The van der Waals surface area contributed by atoms with Crippen molar-refractivity contribution in [3.63, 3.8) is 0 Å². The Hall–Kier alpha value is -2.12. The summed E-state index contributed by atoms with van der Waals surface area (Å²) in [6.07, 6.45) is 0. The largest absolute Gasteiger partial charge is 0.467 e. The van der Waals surface area contributed by atoms with Gasteiger partial charge in [-0.1, -0.05) is 0 Å². The number of piperazine rings is 1. The smallest absolute Gasteiger partial charge is 0.322 e. The normalized spacial score (nSPS) is 20.0. The molecule has 0 spiro atoms. The maximum absolute atomic E-state index is 11.5. The van der Waals surface area contributed by atoms with Crippen LogP contribution in [0, 0.1) is 0 Å². The predicted octanol–water partition coefficient (Wildman–Crippen LogP) is -1.21. The fourth-order valence-corrected chi connectivity index (χ4v) is 1.64. The molecule has 0 aliphatic carbocycles. The van der Waals surface area contributed by atoms with E-state index in [1.54, 1.807) is 11.8 Å². The lowest BCUT2D eigenvalue weighted by Crippen LogP contribution is -2.54. The third kappa shape index (κ3) is 2.19. The quantitative estimate of drug-likeness (QED) is 0.665. The summed E-state index contributed by atoms with van der Waals surface area (Å²) in [5.41, 5.74) is 5.55. The summed E-state index contributed by atoms with van der Waals surface area (Å²) in [5.74, 6) is 0.371. The molecular weight excluding hydrogens is 224 g/mol. The molecule has 0 aromatic carbocycles. The van der Waals surface area contributed by atoms with Crippen LogP contribution in [0.15, 0.2) is 0 Å². The lowest BCUT2D eigenvalue weighted by atomic mass is 10.2. The van der Waals surface area contributed by atoms with Gasteiger partial charge in [-0.05, 0) is 6.92 Å². The number of anilines is 2. The number of hydrogen-bond acceptors (Lipinski definition) is 7. The minimum absolute atomic E-state index is 0.0609. The highest BCUT2D eigenvalue weighted by molar-refractivity contribution is 5.85. The fourth-order valence-electron chi connectivity index (χ4n) is 1.64. The highest BCUT2D eigenvalue weighted by Crippen LogP contribution is 2.16. The van der Waals surface area contributed by atoms with Crippen LogP contribution in [0.5, 0.6) is 6.01 Å². The van der Waals surface area contributed by atoms with Crippen molar-refractivity contribution >= 4 is 17.8 Å². The first-order chi connectivity index (χ1) is 8.11. The summed E-state index contributed by atoms with van der Waals surface area (Å²) in [6, 6.07) is -0.194. The van der Waals surface area contributed by atoms with Gasteiger partial charge in [0.2, 0.25) is 17.8 Å². The second-order valence-corrected chi connectivity index (χ2v) is 3.64. The minimum atomic E-state index is -0.338. The molecule has 1 amide bonds. The van der Waals surface area contributed by atoms with Crippen molar-refractivity contribution in [2.75, 3.05) is 30.8 Å². The molecule has 1 aliphatic heterocycles. The molecule has 0 radical (unpaired) electrons. The van der Waals surface area contributed by atoms with Gasteiger partial charge in [0.1, 0.15) is 6.04 Å². The van der Waals surface area contributed by atoms with E-state index >= 15 is 0 Å². The number of aromatic nitrogens is 3. The predicted molar refractivity (Wildman–Crippen MR) is 60.6 cm³/mol. The number of hydrogen-bond donors (Lipinski definition) is 2. The Morgan fingerprint density at radius 1 is 1.47 bits per heavy atom. The Labute approximate surface area is 98.2 Å². The first-order valence-electron chi connectivity index (χ1n) is 5.21. The molecule has 1 unspecified atom stereocenters. The number of ether oxygens (including phenoxy) is 1. The number of methoxy groups -OCH3 is 1. The van der Waals surface area contributed by atoms with E-state index in [-0.39, 0.29) is 23.9 Å². The third-order valence-corrected chi connectivity index (χ3v) is 2.56. The topological polar surface area (TPSA) is 106 Å². The van der Waals surface area contributed by atoms with Crippen LogP contribution in [-0.2, 0) is 4.79 Å². The van der Waals surface area contributed by atoms with Crippen molar-refractivity contribution in [1.29, 1.82) is 0 Å². The van der Waals surface area contributed by atoms with Crippen LogP contribution < -0.4 is 20.7 Å². The molecule has 1 atom stereocenters. The van der Waals surface area contributed by atoms with Gasteiger partial charge >= 0.3 is 6.01 Å². The van der Waals surface area contributed by atoms with E-state index in [2.05, 4.69) is 20.3 Å². The van der Waals surface area contributed by atoms with Crippen molar-refractivity contribution in [1.82, 2.24) is 20.3 Å². The maximum atomic E-state index is 11.5. The van der Waals surface area contributed by atoms with Gasteiger partial charge in [0.15, 0.2) is 0 Å². The van der Waals surface area contributed by atoms with Crippen molar-refractivity contribution in [2.45, 2.75) is 13.0 Å². The molecule has 8 heteroatoms. The van der Waals surface area contributed by atoms with Crippen molar-refractivity contribution in [3.8, 4) is 6.01 Å². The second-order valence-electron chi connectivity index (χ2n) is 3.64. The van der Waals surface area contributed by atoms with Crippen LogP contribution in [-0.4, -0.2) is 47.1 Å². The van der Waals surface area contributed by atoms with Crippen LogP contribution in [0.2, 0.25) is 0 Å². The monoisotopic (exact) mass is 238 g/mol. The molecule has 1 aromatic heterocycles. The molecule has 1 fully saturated rings. The van der Waals surface area contributed by atoms with Crippen LogP contribution in [0.1, 0.15) is 6.92 Å². The number of rotatable bonds is 2. The number of nitrogens with one attached hydrogen (secondary N) is 1. The lowest BCUT2D eigenvalue weighted by Gasteiger charge is -2.32. The molecule has 0 saturated carbocycles. The van der Waals surface area contributed by atoms with Crippen molar-refractivity contribution in [2.24, 2.45) is 0 Å². The summed E-state index contributed by atoms with van der Waals surface area (Å²) >= 11 is 0. The van der Waals surface area contributed by atoms with Gasteiger partial charge in [-0.25, -0.2) is 0 Å². The molecule has 0 bridgehead atoms. The zero-order valence-corrected chi connectivity index (χ0v) is 9.67. The standard InChI is InChI=1S/C9H14N6O2/c1-5-6(16)11-3-4-15(5)8-12-7(10)13-9(14-8)17-2/h5H,3-4H2,1-2H3,(H,11,16)(H2,10,12,13,14). The summed E-state index contributed by atoms with van der Waals surface area (Å²) in [5, 5.41) is 2.76. The van der Waals surface area contributed by atoms with Gasteiger partial charge in [0, 0.05) is 13.1 Å². The molecule has 2 rings (SSSR count). The Morgan fingerprint density at radius 2 is 2.24 bits per heavy atom. The zero-order valence-electron chi connectivity index (χ0n) is 9.67. The Morgan fingerprint density at radius 3 is 2.94 bits per heavy atom. The van der Waals surface area contributed by atoms with Crippen molar-refractivity contribution in [3.05, 3.63) is 0 Å². The molecule has 8 nitrogen and oxygen atoms in total. The molecule has 1 aromatic rings. The van der Waals surface area contributed by atoms with E-state index in [9.17, 15) is 4.79 Å². The summed E-state index contributed by atoms with van der Waals surface area (Å²) < 4.78 is 4.92. The van der Waals surface area contributed by atoms with E-state index in [1.165, 1.54) is 7.11 Å². The maximum Gasteiger partial charge on any atom is 0.322 e. The first-order valence-corrected chi connectivity index (χ1v) is 5.21. The summed E-state index contributed by atoms with van der Waals surface area (Å²) in [4.78, 5) is 25.2. The van der Waals surface area contributed by atoms with Gasteiger partial charge in [-0.3, -0.25) is 4.79 Å². The molecule has 1 saturated heterocycles. The number of nitrogens with two attached hydrogens (primary N) is 1. The summed E-state index contributed by atoms with van der Waals surface area (Å²) in [6.45, 7) is 2.96. The molecule has 1 aliphatic rings. The van der Waals surface area contributed by atoms with E-state index in [0.717, 1.165) is 0 Å². The Kier molecular flexibility index (Phi) is 2.94. The first kappa shape index (κ1) is 11.4. The number of amides is 1. The SMILES string of the molecule is COc1nc(N)nc(N2CCNC(=O)C2C)n1. The lowest BCUT2D eigenvalue weighted by molar-refractivity contribution is -0.122. The van der Waals surface area contributed by atoms with E-state index in [1.807, 2.05) is 0 Å². The summed E-state index contributed by atoms with van der Waals surface area (Å²) in [7, 11) is 1.45. The fraction of sp³-hybridized carbons (Fsp3) is 0.556. The third-order valence-electron chi connectivity index (χ3n) is 2.56. The van der Waals surface area contributed by atoms with Gasteiger partial charge in [-0.15, -0.1) is 0 Å². The van der Waals surface area contributed by atoms with E-state index in [0.29, 0.717) is 19.0 Å². The number of carbonyl (C=O) groups excluding carboxylic acids is 1. The van der Waals surface area contributed by atoms with Crippen LogP contribution >= 0.6 is 0 Å². The minimum Gasteiger partial charge on any atom is -0.467 e. The molecule has 3 N–H and O–H groups in total. The highest BCUT2D eigenvalue weighted by Gasteiger charge is 2.28. The highest BCUT2D eigenvalue weighted by atomic mass is 16.5. The molecular formula is C9H14N6O2. The number of carbonyl (C=O) groups is 1. The zero-order chi connectivity index (χ0) is 12.4. The number of nitrogens with zero attached hydrogens (tertiary/aromatic N) is 4. The number of nitrogen functional groups attached to an aromatic ring is 1. The molecule has 92 valence electrons. The second kappa shape index (κ2) is 4.40. The van der Waals surface area contributed by atoms with Crippen LogP contribution in [0.3, 0.4) is 0 Å². The average Bonchev–Trinajstić information content (AvgIpc) is 2.31. The van der Waals surface area contributed by atoms with Gasteiger partial charge < -0.3 is 20.7 Å². The van der Waals surface area contributed by atoms with E-state index < -0.39 is 0 Å². The van der Waals surface area contributed by atoms with Crippen LogP contribution in [0.4, 0.5) is 11.9 Å². The van der Waals surface area contributed by atoms with Gasteiger partial charge in [0.05, 0.1) is 7.11 Å². The Bertz CT molecular complexity index is 437. The average molecular weight is 238 g/mol. The van der Waals surface area contributed by atoms with Crippen molar-refractivity contribution < 1.29 is 9.53 Å². The molecule has 2 heterocycles.